The summed E-state index contributed by atoms with van der Waals surface area (Å²) in [5, 5.41) is 10.1. The maximum atomic E-state index is 13.3. The van der Waals surface area contributed by atoms with Crippen molar-refractivity contribution in [3.05, 3.63) is 101 Å². The Labute approximate surface area is 203 Å². The van der Waals surface area contributed by atoms with E-state index in [0.717, 1.165) is 35.4 Å². The molecule has 9 heteroatoms. The zero-order valence-electron chi connectivity index (χ0n) is 18.5. The maximum Gasteiger partial charge on any atom is 0.285 e. The van der Waals surface area contributed by atoms with Crippen LogP contribution in [0.4, 0.5) is 4.39 Å². The van der Waals surface area contributed by atoms with E-state index >= 15 is 0 Å². The van der Waals surface area contributed by atoms with Crippen LogP contribution in [-0.4, -0.2) is 38.2 Å². The number of nitrogens with one attached hydrogen (secondary N) is 1. The zero-order chi connectivity index (χ0) is 24.1. The largest absolute Gasteiger partial charge is 0.354 e. The van der Waals surface area contributed by atoms with Crippen molar-refractivity contribution in [2.45, 2.75) is 24.2 Å². The molecule has 0 saturated heterocycles. The molecule has 6 nitrogen and oxygen atoms in total. The van der Waals surface area contributed by atoms with Gasteiger partial charge >= 0.3 is 0 Å². The molecule has 0 fully saturated rings. The second kappa shape index (κ2) is 10.4. The monoisotopic (exact) mass is 498 g/mol. The number of guanidine groups is 1. The Morgan fingerprint density at radius 3 is 2.41 bits per heavy atom. The summed E-state index contributed by atoms with van der Waals surface area (Å²) in [6.45, 7) is 2.88. The predicted molar refractivity (Wildman–Crippen MR) is 133 cm³/mol. The summed E-state index contributed by atoms with van der Waals surface area (Å²) < 4.78 is 43.3. The Morgan fingerprint density at radius 2 is 1.76 bits per heavy atom. The van der Waals surface area contributed by atoms with E-state index in [1.807, 2.05) is 49.4 Å². The molecule has 34 heavy (non-hydrogen) atoms. The Morgan fingerprint density at radius 1 is 1.09 bits per heavy atom. The van der Waals surface area contributed by atoms with E-state index in [0.29, 0.717) is 18.1 Å². The van der Waals surface area contributed by atoms with Gasteiger partial charge in [-0.1, -0.05) is 61.0 Å². The maximum absolute atomic E-state index is 13.3. The van der Waals surface area contributed by atoms with Gasteiger partial charge in [0.15, 0.2) is 0 Å². The fourth-order valence-corrected chi connectivity index (χ4v) is 4.74. The van der Waals surface area contributed by atoms with Gasteiger partial charge in [0.25, 0.3) is 10.0 Å². The normalized spacial score (nSPS) is 16.4. The molecular weight excluding hydrogens is 475 g/mol. The van der Waals surface area contributed by atoms with Crippen molar-refractivity contribution in [2.24, 2.45) is 9.50 Å². The Kier molecular flexibility index (Phi) is 7.29. The lowest BCUT2D eigenvalue weighted by atomic mass is 9.91. The Balaban J connectivity index is 1.75. The molecule has 0 aliphatic carbocycles. The quantitative estimate of drug-likeness (QED) is 0.382. The molecule has 0 bridgehead atoms. The summed E-state index contributed by atoms with van der Waals surface area (Å²) in [7, 11) is -4.08. The van der Waals surface area contributed by atoms with E-state index in [2.05, 4.69) is 9.71 Å². The summed E-state index contributed by atoms with van der Waals surface area (Å²) >= 11 is 6.08. The van der Waals surface area contributed by atoms with Gasteiger partial charge in [0, 0.05) is 17.5 Å². The van der Waals surface area contributed by atoms with E-state index in [1.54, 1.807) is 17.1 Å². The molecule has 0 saturated carbocycles. The minimum Gasteiger partial charge on any atom is -0.354 e. The highest BCUT2D eigenvalue weighted by atomic mass is 35.5. The minimum atomic E-state index is -4.08. The first-order chi connectivity index (χ1) is 16.4. The summed E-state index contributed by atoms with van der Waals surface area (Å²) in [4.78, 5) is -0.0922. The van der Waals surface area contributed by atoms with Gasteiger partial charge in [-0.15, -0.1) is 4.40 Å². The molecule has 4 rings (SSSR count). The third-order valence-electron chi connectivity index (χ3n) is 5.35. The van der Waals surface area contributed by atoms with Crippen molar-refractivity contribution < 1.29 is 12.8 Å². The van der Waals surface area contributed by atoms with Crippen molar-refractivity contribution in [2.75, 3.05) is 13.1 Å². The van der Waals surface area contributed by atoms with Crippen LogP contribution in [0.2, 0.25) is 5.02 Å². The molecule has 1 heterocycles. The van der Waals surface area contributed by atoms with Crippen molar-refractivity contribution in [3.8, 4) is 0 Å². The van der Waals surface area contributed by atoms with Gasteiger partial charge in [0.1, 0.15) is 5.82 Å². The minimum absolute atomic E-state index is 0.0922. The number of sulfonamides is 1. The second-order valence-electron chi connectivity index (χ2n) is 7.81. The van der Waals surface area contributed by atoms with Crippen LogP contribution in [0.25, 0.3) is 0 Å². The molecule has 1 unspecified atom stereocenters. The molecule has 1 N–H and O–H groups in total. The molecule has 0 aromatic heterocycles. The number of nitrogens with zero attached hydrogens (tertiary/aromatic N) is 3. The number of benzene rings is 3. The molecular formula is C25H24ClFN4O2S. The van der Waals surface area contributed by atoms with Crippen LogP contribution in [0.1, 0.15) is 30.4 Å². The summed E-state index contributed by atoms with van der Waals surface area (Å²) in [5.41, 5.74) is 2.72. The molecule has 1 atom stereocenters. The van der Waals surface area contributed by atoms with Crippen molar-refractivity contribution in [1.29, 1.82) is 0 Å². The number of halogens is 2. The highest BCUT2D eigenvalue weighted by Crippen LogP contribution is 2.29. The van der Waals surface area contributed by atoms with Gasteiger partial charge < -0.3 is 5.32 Å². The first kappa shape index (κ1) is 23.9. The van der Waals surface area contributed by atoms with E-state index in [4.69, 9.17) is 16.7 Å². The fourth-order valence-electron chi connectivity index (χ4n) is 3.64. The average molecular weight is 499 g/mol. The second-order valence-corrected chi connectivity index (χ2v) is 9.85. The van der Waals surface area contributed by atoms with Gasteiger partial charge in [-0.25, -0.2) is 9.40 Å². The molecule has 0 amide bonds. The van der Waals surface area contributed by atoms with Gasteiger partial charge in [0.05, 0.1) is 17.2 Å². The van der Waals surface area contributed by atoms with E-state index in [9.17, 15) is 12.8 Å². The van der Waals surface area contributed by atoms with Crippen LogP contribution in [0.5, 0.6) is 0 Å². The topological polar surface area (TPSA) is 74.1 Å². The fraction of sp³-hybridized carbons (Fsp3) is 0.200. The molecule has 176 valence electrons. The summed E-state index contributed by atoms with van der Waals surface area (Å²) in [6, 6.07) is 21.9. The third kappa shape index (κ3) is 5.46. The highest BCUT2D eigenvalue weighted by Gasteiger charge is 2.32. The molecule has 3 aromatic rings. The van der Waals surface area contributed by atoms with Crippen LogP contribution in [0.15, 0.2) is 93.3 Å². The van der Waals surface area contributed by atoms with E-state index in [-0.39, 0.29) is 16.8 Å². The first-order valence-electron chi connectivity index (χ1n) is 10.9. The average Bonchev–Trinajstić information content (AvgIpc) is 3.28. The smallest absolute Gasteiger partial charge is 0.285 e. The van der Waals surface area contributed by atoms with Gasteiger partial charge in [-0.3, -0.25) is 0 Å². The predicted octanol–water partition coefficient (Wildman–Crippen LogP) is 5.03. The number of rotatable bonds is 6. The van der Waals surface area contributed by atoms with Gasteiger partial charge in [-0.05, 0) is 53.9 Å². The van der Waals surface area contributed by atoms with Crippen LogP contribution in [-0.2, 0) is 10.0 Å². The zero-order valence-corrected chi connectivity index (χ0v) is 20.1. The SMILES string of the molecule is CCCN/C(=N/S(=O)(=O)c1ccc(F)cc1)N1CC(c2ccccc2)C(c2ccc(Cl)cc2)=N1. The van der Waals surface area contributed by atoms with E-state index < -0.39 is 15.8 Å². The lowest BCUT2D eigenvalue weighted by Crippen LogP contribution is -2.39. The van der Waals surface area contributed by atoms with Crippen molar-refractivity contribution >= 4 is 33.3 Å². The van der Waals surface area contributed by atoms with Crippen molar-refractivity contribution in [1.82, 2.24) is 10.3 Å². The van der Waals surface area contributed by atoms with Crippen molar-refractivity contribution in [3.63, 3.8) is 0 Å². The Bertz CT molecular complexity index is 1300. The van der Waals surface area contributed by atoms with Gasteiger partial charge in [-0.2, -0.15) is 13.5 Å². The first-order valence-corrected chi connectivity index (χ1v) is 12.7. The van der Waals surface area contributed by atoms with Crippen LogP contribution in [0.3, 0.4) is 0 Å². The number of hydrogen-bond acceptors (Lipinski definition) is 3. The number of hydrogen-bond donors (Lipinski definition) is 1. The molecule has 3 aromatic carbocycles. The van der Waals surface area contributed by atoms with E-state index in [1.165, 1.54) is 12.1 Å². The third-order valence-corrected chi connectivity index (χ3v) is 6.88. The van der Waals surface area contributed by atoms with Crippen LogP contribution < -0.4 is 5.32 Å². The standard InChI is InChI=1S/C25H24ClFN4O2S/c1-2-16-28-25(30-34(32,33)22-14-12-21(27)13-15-22)31-17-23(18-6-4-3-5-7-18)24(29-31)19-8-10-20(26)11-9-19/h3-15,23H,2,16-17H2,1H3,(H,28,30). The Hall–Kier alpha value is -3.23. The lowest BCUT2D eigenvalue weighted by molar-refractivity contribution is 0.455. The lowest BCUT2D eigenvalue weighted by Gasteiger charge is -2.19. The molecule has 1 aliphatic rings. The van der Waals surface area contributed by atoms with Gasteiger partial charge in [0.2, 0.25) is 5.96 Å². The summed E-state index contributed by atoms with van der Waals surface area (Å²) in [5.74, 6) is -0.504. The molecule has 0 spiro atoms. The molecule has 1 aliphatic heterocycles. The summed E-state index contributed by atoms with van der Waals surface area (Å²) in [6.07, 6.45) is 0.763. The molecule has 0 radical (unpaired) electrons. The number of hydrazone groups is 1. The highest BCUT2D eigenvalue weighted by molar-refractivity contribution is 7.90. The van der Waals surface area contributed by atoms with Crippen LogP contribution in [0, 0.1) is 5.82 Å². The van der Waals surface area contributed by atoms with Crippen LogP contribution >= 0.6 is 11.6 Å².